The van der Waals surface area contributed by atoms with Gasteiger partial charge in [0.25, 0.3) is 0 Å². The highest BCUT2D eigenvalue weighted by atomic mass is 32.1. The van der Waals surface area contributed by atoms with Gasteiger partial charge in [0.15, 0.2) is 16.6 Å². The molecule has 5 rings (SSSR count). The van der Waals surface area contributed by atoms with Crippen LogP contribution in [-0.4, -0.2) is 56.7 Å². The summed E-state index contributed by atoms with van der Waals surface area (Å²) in [6.07, 6.45) is -2.81. The van der Waals surface area contributed by atoms with Crippen LogP contribution in [0.25, 0.3) is 17.0 Å². The molecule has 4 aromatic rings. The fraction of sp³-hybridized carbons (Fsp3) is 0.304. The molecule has 0 saturated carbocycles. The third-order valence-corrected chi connectivity index (χ3v) is 6.34. The Kier molecular flexibility index (Phi) is 6.50. The number of morpholine rings is 1. The third-order valence-electron chi connectivity index (χ3n) is 5.53. The Hall–Kier alpha value is -3.35. The highest BCUT2D eigenvalue weighted by molar-refractivity contribution is 7.13. The molecule has 35 heavy (non-hydrogen) atoms. The van der Waals surface area contributed by atoms with E-state index in [1.165, 1.54) is 28.0 Å². The molecule has 182 valence electrons. The van der Waals surface area contributed by atoms with Crippen molar-refractivity contribution in [1.82, 2.24) is 24.5 Å². The molecule has 4 heterocycles. The monoisotopic (exact) mass is 502 g/mol. The lowest BCUT2D eigenvalue weighted by Gasteiger charge is -2.25. The minimum Gasteiger partial charge on any atom is -0.379 e. The number of nitrogens with one attached hydrogen (secondary N) is 1. The lowest BCUT2D eigenvalue weighted by Crippen LogP contribution is -2.35. The van der Waals surface area contributed by atoms with E-state index in [0.29, 0.717) is 36.1 Å². The second-order valence-electron chi connectivity index (χ2n) is 8.07. The van der Waals surface area contributed by atoms with Crippen LogP contribution in [0.5, 0.6) is 0 Å². The van der Waals surface area contributed by atoms with Gasteiger partial charge in [-0.25, -0.2) is 14.5 Å². The summed E-state index contributed by atoms with van der Waals surface area (Å²) in [4.78, 5) is 23.9. The van der Waals surface area contributed by atoms with E-state index in [4.69, 9.17) is 4.74 Å². The summed E-state index contributed by atoms with van der Waals surface area (Å²) in [5, 5.41) is 9.55. The maximum Gasteiger partial charge on any atom is 0.416 e. The number of carbonyl (C=O) groups is 1. The largest absolute Gasteiger partial charge is 0.416 e. The zero-order valence-electron chi connectivity index (χ0n) is 18.5. The highest BCUT2D eigenvalue weighted by Crippen LogP contribution is 2.31. The normalized spacial score (nSPS) is 14.9. The Morgan fingerprint density at radius 2 is 1.97 bits per heavy atom. The van der Waals surface area contributed by atoms with Crippen LogP contribution < -0.4 is 5.32 Å². The fourth-order valence-electron chi connectivity index (χ4n) is 3.82. The van der Waals surface area contributed by atoms with E-state index in [1.807, 2.05) is 5.38 Å². The van der Waals surface area contributed by atoms with Crippen molar-refractivity contribution in [1.29, 1.82) is 0 Å². The molecule has 1 amide bonds. The molecule has 3 aromatic heterocycles. The molecule has 0 spiro atoms. The van der Waals surface area contributed by atoms with Crippen LogP contribution in [0, 0.1) is 0 Å². The Labute approximate surface area is 202 Å². The van der Waals surface area contributed by atoms with Crippen LogP contribution in [-0.2, 0) is 28.7 Å². The molecule has 1 N–H and O–H groups in total. The number of hydrogen-bond donors (Lipinski definition) is 1. The molecule has 1 aliphatic rings. The fourth-order valence-corrected chi connectivity index (χ4v) is 4.54. The maximum atomic E-state index is 13.1. The van der Waals surface area contributed by atoms with Crippen molar-refractivity contribution in [2.45, 2.75) is 19.1 Å². The number of halogens is 3. The molecule has 12 heteroatoms. The quantitative estimate of drug-likeness (QED) is 0.431. The lowest BCUT2D eigenvalue weighted by atomic mass is 10.1. The number of ether oxygens (including phenoxy) is 1. The Bertz CT molecular complexity index is 1350. The molecular formula is C23H21F3N6O2S. The topological polar surface area (TPSA) is 84.7 Å². The molecule has 8 nitrogen and oxygen atoms in total. The van der Waals surface area contributed by atoms with Crippen LogP contribution in [0.1, 0.15) is 16.8 Å². The first-order valence-electron chi connectivity index (χ1n) is 10.9. The minimum absolute atomic E-state index is 0.0173. The zero-order valence-corrected chi connectivity index (χ0v) is 19.3. The van der Waals surface area contributed by atoms with Crippen molar-refractivity contribution in [3.05, 3.63) is 64.8 Å². The van der Waals surface area contributed by atoms with Crippen LogP contribution in [0.2, 0.25) is 0 Å². The molecule has 1 aliphatic heterocycles. The van der Waals surface area contributed by atoms with Crippen molar-refractivity contribution < 1.29 is 22.7 Å². The number of alkyl halides is 3. The van der Waals surface area contributed by atoms with Gasteiger partial charge in [-0.15, -0.1) is 16.4 Å². The predicted molar refractivity (Wildman–Crippen MR) is 124 cm³/mol. The van der Waals surface area contributed by atoms with Crippen molar-refractivity contribution >= 4 is 28.0 Å². The van der Waals surface area contributed by atoms with Gasteiger partial charge < -0.3 is 10.1 Å². The number of pyridine rings is 1. The number of anilines is 1. The summed E-state index contributed by atoms with van der Waals surface area (Å²) >= 11 is 1.36. The molecular weight excluding hydrogens is 481 g/mol. The summed E-state index contributed by atoms with van der Waals surface area (Å²) < 4.78 is 46.1. The highest BCUT2D eigenvalue weighted by Gasteiger charge is 2.30. The molecule has 0 radical (unpaired) electrons. The third kappa shape index (κ3) is 5.50. The SMILES string of the molecule is O=C(Cc1cccn2nc(-c3cccc(C(F)(F)F)c3)nc12)Nc1nc(CN2CCOCC2)cs1. The summed E-state index contributed by atoms with van der Waals surface area (Å²) in [5.41, 5.74) is 1.36. The molecule has 1 aromatic carbocycles. The number of aromatic nitrogens is 4. The molecule has 0 aliphatic carbocycles. The van der Waals surface area contributed by atoms with Crippen LogP contribution in [0.3, 0.4) is 0 Å². The Morgan fingerprint density at radius 3 is 2.77 bits per heavy atom. The lowest BCUT2D eigenvalue weighted by molar-refractivity contribution is -0.137. The second-order valence-corrected chi connectivity index (χ2v) is 8.93. The van der Waals surface area contributed by atoms with E-state index in [-0.39, 0.29) is 23.7 Å². The van der Waals surface area contributed by atoms with Crippen LogP contribution in [0.4, 0.5) is 18.3 Å². The van der Waals surface area contributed by atoms with Crippen molar-refractivity contribution in [3.8, 4) is 11.4 Å². The number of hydrogen-bond acceptors (Lipinski definition) is 7. The summed E-state index contributed by atoms with van der Waals surface area (Å²) in [6, 6.07) is 8.31. The van der Waals surface area contributed by atoms with Crippen molar-refractivity contribution in [3.63, 3.8) is 0 Å². The second kappa shape index (κ2) is 9.72. The van der Waals surface area contributed by atoms with E-state index < -0.39 is 11.7 Å². The van der Waals surface area contributed by atoms with E-state index in [2.05, 4.69) is 25.3 Å². The molecule has 1 fully saturated rings. The van der Waals surface area contributed by atoms with Gasteiger partial charge in [-0.05, 0) is 18.2 Å². The van der Waals surface area contributed by atoms with Gasteiger partial charge in [0.2, 0.25) is 5.91 Å². The Morgan fingerprint density at radius 1 is 1.14 bits per heavy atom. The molecule has 0 atom stereocenters. The van der Waals surface area contributed by atoms with E-state index >= 15 is 0 Å². The van der Waals surface area contributed by atoms with Crippen LogP contribution in [0.15, 0.2) is 48.0 Å². The number of rotatable bonds is 6. The molecule has 0 unspecified atom stereocenters. The Balaban J connectivity index is 1.29. The van der Waals surface area contributed by atoms with Crippen LogP contribution >= 0.6 is 11.3 Å². The average Bonchev–Trinajstić information content (AvgIpc) is 3.47. The van der Waals surface area contributed by atoms with Gasteiger partial charge in [0, 0.05) is 42.3 Å². The first-order valence-corrected chi connectivity index (χ1v) is 11.8. The zero-order chi connectivity index (χ0) is 24.4. The van der Waals surface area contributed by atoms with Crippen molar-refractivity contribution in [2.75, 3.05) is 31.6 Å². The van der Waals surface area contributed by atoms with Gasteiger partial charge in [-0.2, -0.15) is 13.2 Å². The van der Waals surface area contributed by atoms with Gasteiger partial charge in [0.1, 0.15) is 0 Å². The van der Waals surface area contributed by atoms with Gasteiger partial charge in [-0.1, -0.05) is 18.2 Å². The minimum atomic E-state index is -4.46. The number of carbonyl (C=O) groups excluding carboxylic acids is 1. The van der Waals surface area contributed by atoms with Gasteiger partial charge in [-0.3, -0.25) is 9.69 Å². The van der Waals surface area contributed by atoms with E-state index in [9.17, 15) is 18.0 Å². The van der Waals surface area contributed by atoms with E-state index in [0.717, 1.165) is 30.9 Å². The number of thiazole rings is 1. The van der Waals surface area contributed by atoms with Crippen molar-refractivity contribution in [2.24, 2.45) is 0 Å². The molecule has 1 saturated heterocycles. The standard InChI is InChI=1S/C23H21F3N6O2S/c24-23(25,26)17-5-1-3-15(11-17)20-29-21-16(4-2-6-32(21)30-20)12-19(33)28-22-27-18(14-35-22)13-31-7-9-34-10-8-31/h1-6,11,14H,7-10,12-13H2,(H,27,28,33). The summed E-state index contributed by atoms with van der Waals surface area (Å²) in [5.74, 6) is -0.120. The first kappa shape index (κ1) is 23.4. The summed E-state index contributed by atoms with van der Waals surface area (Å²) in [6.45, 7) is 3.82. The predicted octanol–water partition coefficient (Wildman–Crippen LogP) is 3.89. The van der Waals surface area contributed by atoms with E-state index in [1.54, 1.807) is 18.3 Å². The number of nitrogens with zero attached hydrogens (tertiary/aromatic N) is 5. The first-order chi connectivity index (χ1) is 16.8. The van der Waals surface area contributed by atoms with Gasteiger partial charge >= 0.3 is 6.18 Å². The smallest absolute Gasteiger partial charge is 0.379 e. The number of amides is 1. The molecule has 0 bridgehead atoms. The summed E-state index contributed by atoms with van der Waals surface area (Å²) in [7, 11) is 0. The number of benzene rings is 1. The number of fused-ring (bicyclic) bond motifs is 1. The average molecular weight is 503 g/mol. The maximum absolute atomic E-state index is 13.1. The van der Waals surface area contributed by atoms with Gasteiger partial charge in [0.05, 0.1) is 30.9 Å².